The molecule has 0 aromatic rings. The van der Waals surface area contributed by atoms with E-state index in [4.69, 9.17) is 10.2 Å². The molecule has 0 amide bonds. The molecule has 3 nitrogen and oxygen atoms in total. The molecular formula is C11H16O3. The molecule has 0 aliphatic carbocycles. The van der Waals surface area contributed by atoms with Gasteiger partial charge in [0.05, 0.1) is 12.2 Å². The number of rotatable bonds is 5. The van der Waals surface area contributed by atoms with E-state index in [2.05, 4.69) is 0 Å². The van der Waals surface area contributed by atoms with E-state index < -0.39 is 12.2 Å². The topological polar surface area (TPSA) is 57.5 Å². The summed E-state index contributed by atoms with van der Waals surface area (Å²) in [6.45, 7) is 3.30. The van der Waals surface area contributed by atoms with Crippen LogP contribution in [0.3, 0.4) is 0 Å². The SMILES string of the molecule is C\C=C/C(C=O)=C/C=C/[C@@H](O)[C@@H](C)O. The van der Waals surface area contributed by atoms with Crippen LogP contribution in [0.1, 0.15) is 13.8 Å². The van der Waals surface area contributed by atoms with Crippen molar-refractivity contribution in [2.75, 3.05) is 0 Å². The molecule has 0 aliphatic rings. The van der Waals surface area contributed by atoms with Crippen LogP contribution in [0, 0.1) is 0 Å². The first-order chi connectivity index (χ1) is 6.61. The maximum absolute atomic E-state index is 10.4. The summed E-state index contributed by atoms with van der Waals surface area (Å²) in [5, 5.41) is 18.1. The molecule has 2 N–H and O–H groups in total. The Morgan fingerprint density at radius 3 is 2.43 bits per heavy atom. The normalized spacial score (nSPS) is 17.6. The minimum Gasteiger partial charge on any atom is -0.390 e. The fourth-order valence-electron chi connectivity index (χ4n) is 0.768. The monoisotopic (exact) mass is 196 g/mol. The lowest BCUT2D eigenvalue weighted by molar-refractivity contribution is -0.104. The van der Waals surface area contributed by atoms with Crippen LogP contribution < -0.4 is 0 Å². The average molecular weight is 196 g/mol. The predicted octanol–water partition coefficient (Wildman–Crippen LogP) is 0.986. The zero-order valence-electron chi connectivity index (χ0n) is 8.42. The minimum atomic E-state index is -0.898. The van der Waals surface area contributed by atoms with Crippen LogP contribution in [0.2, 0.25) is 0 Å². The lowest BCUT2D eigenvalue weighted by Gasteiger charge is -2.06. The minimum absolute atomic E-state index is 0.515. The van der Waals surface area contributed by atoms with Crippen LogP contribution in [0.15, 0.2) is 36.0 Å². The second-order valence-corrected chi connectivity index (χ2v) is 2.90. The molecule has 0 saturated heterocycles. The Labute approximate surface area is 84.1 Å². The molecule has 0 aromatic heterocycles. The zero-order chi connectivity index (χ0) is 11.0. The van der Waals surface area contributed by atoms with Gasteiger partial charge in [-0.15, -0.1) is 0 Å². The molecule has 0 aliphatic heterocycles. The number of aliphatic hydroxyl groups excluding tert-OH is 2. The van der Waals surface area contributed by atoms with Gasteiger partial charge in [-0.25, -0.2) is 0 Å². The maximum atomic E-state index is 10.4. The van der Waals surface area contributed by atoms with E-state index in [1.54, 1.807) is 24.3 Å². The van der Waals surface area contributed by atoms with Gasteiger partial charge in [0.2, 0.25) is 0 Å². The predicted molar refractivity (Wildman–Crippen MR) is 55.8 cm³/mol. The van der Waals surface area contributed by atoms with E-state index in [1.165, 1.54) is 13.0 Å². The highest BCUT2D eigenvalue weighted by Gasteiger charge is 2.04. The fraction of sp³-hybridized carbons (Fsp3) is 0.364. The highest BCUT2D eigenvalue weighted by Crippen LogP contribution is 1.97. The van der Waals surface area contributed by atoms with Crippen LogP contribution in [-0.4, -0.2) is 28.7 Å². The van der Waals surface area contributed by atoms with Gasteiger partial charge in [0.15, 0.2) is 0 Å². The van der Waals surface area contributed by atoms with Gasteiger partial charge in [0, 0.05) is 5.57 Å². The van der Waals surface area contributed by atoms with Crippen LogP contribution in [0.25, 0.3) is 0 Å². The second kappa shape index (κ2) is 7.24. The molecule has 0 saturated carbocycles. The Morgan fingerprint density at radius 2 is 2.00 bits per heavy atom. The van der Waals surface area contributed by atoms with Crippen molar-refractivity contribution in [2.24, 2.45) is 0 Å². The first-order valence-electron chi connectivity index (χ1n) is 4.44. The Kier molecular flexibility index (Phi) is 6.62. The summed E-state index contributed by atoms with van der Waals surface area (Å²) >= 11 is 0. The number of carbonyl (C=O) groups is 1. The van der Waals surface area contributed by atoms with Crippen molar-refractivity contribution in [2.45, 2.75) is 26.1 Å². The third kappa shape index (κ3) is 5.45. The van der Waals surface area contributed by atoms with Crippen molar-refractivity contribution < 1.29 is 15.0 Å². The Morgan fingerprint density at radius 1 is 1.36 bits per heavy atom. The number of aldehydes is 1. The Balaban J connectivity index is 4.30. The van der Waals surface area contributed by atoms with E-state index in [0.717, 1.165) is 6.29 Å². The van der Waals surface area contributed by atoms with Crippen molar-refractivity contribution in [3.63, 3.8) is 0 Å². The van der Waals surface area contributed by atoms with E-state index in [9.17, 15) is 4.79 Å². The van der Waals surface area contributed by atoms with E-state index in [0.29, 0.717) is 5.57 Å². The molecule has 0 aromatic carbocycles. The molecule has 0 fully saturated rings. The molecule has 0 spiro atoms. The number of allylic oxidation sites excluding steroid dienone is 5. The third-order valence-corrected chi connectivity index (χ3v) is 1.59. The van der Waals surface area contributed by atoms with Gasteiger partial charge < -0.3 is 10.2 Å². The molecule has 2 atom stereocenters. The standard InChI is InChI=1S/C11H16O3/c1-3-5-10(8-12)6-4-7-11(14)9(2)13/h3-9,11,13-14H,1-2H3/b5-3-,7-4+,10-6-/t9-,11-/m1/s1. The molecule has 78 valence electrons. The molecule has 14 heavy (non-hydrogen) atoms. The van der Waals surface area contributed by atoms with Crippen LogP contribution in [-0.2, 0) is 4.79 Å². The van der Waals surface area contributed by atoms with Crippen molar-refractivity contribution in [1.82, 2.24) is 0 Å². The van der Waals surface area contributed by atoms with Crippen molar-refractivity contribution in [3.8, 4) is 0 Å². The number of aliphatic hydroxyl groups is 2. The summed E-state index contributed by atoms with van der Waals surface area (Å²) in [6, 6.07) is 0. The summed E-state index contributed by atoms with van der Waals surface area (Å²) in [5.41, 5.74) is 0.515. The summed E-state index contributed by atoms with van der Waals surface area (Å²) in [6.07, 6.45) is 6.97. The van der Waals surface area contributed by atoms with Gasteiger partial charge in [-0.1, -0.05) is 30.4 Å². The van der Waals surface area contributed by atoms with E-state index in [1.807, 2.05) is 6.92 Å². The van der Waals surface area contributed by atoms with Crippen LogP contribution >= 0.6 is 0 Å². The van der Waals surface area contributed by atoms with Gasteiger partial charge in [0.1, 0.15) is 6.29 Å². The van der Waals surface area contributed by atoms with Crippen molar-refractivity contribution >= 4 is 6.29 Å². The summed E-state index contributed by atoms with van der Waals surface area (Å²) < 4.78 is 0. The number of carbonyl (C=O) groups excluding carboxylic acids is 1. The maximum Gasteiger partial charge on any atom is 0.150 e. The van der Waals surface area contributed by atoms with E-state index in [-0.39, 0.29) is 0 Å². The van der Waals surface area contributed by atoms with Gasteiger partial charge in [-0.3, -0.25) is 4.79 Å². The summed E-state index contributed by atoms with van der Waals surface area (Å²) in [7, 11) is 0. The molecule has 0 unspecified atom stereocenters. The summed E-state index contributed by atoms with van der Waals surface area (Å²) in [4.78, 5) is 10.4. The van der Waals surface area contributed by atoms with Gasteiger partial charge >= 0.3 is 0 Å². The molecule has 0 radical (unpaired) electrons. The lowest BCUT2D eigenvalue weighted by Crippen LogP contribution is -2.19. The van der Waals surface area contributed by atoms with Crippen molar-refractivity contribution in [1.29, 1.82) is 0 Å². The summed E-state index contributed by atoms with van der Waals surface area (Å²) in [5.74, 6) is 0. The first kappa shape index (κ1) is 12.8. The first-order valence-corrected chi connectivity index (χ1v) is 4.44. The van der Waals surface area contributed by atoms with Crippen LogP contribution in [0.5, 0.6) is 0 Å². The van der Waals surface area contributed by atoms with Gasteiger partial charge in [-0.2, -0.15) is 0 Å². The van der Waals surface area contributed by atoms with Gasteiger partial charge in [-0.05, 0) is 13.8 Å². The van der Waals surface area contributed by atoms with Crippen molar-refractivity contribution in [3.05, 3.63) is 36.0 Å². The average Bonchev–Trinajstić information content (AvgIpc) is 2.16. The van der Waals surface area contributed by atoms with Gasteiger partial charge in [0.25, 0.3) is 0 Å². The largest absolute Gasteiger partial charge is 0.390 e. The highest BCUT2D eigenvalue weighted by atomic mass is 16.3. The molecule has 0 bridgehead atoms. The Bertz CT molecular complexity index is 249. The molecule has 0 rings (SSSR count). The quantitative estimate of drug-likeness (QED) is 0.391. The van der Waals surface area contributed by atoms with E-state index >= 15 is 0 Å². The molecule has 0 heterocycles. The fourth-order valence-corrected chi connectivity index (χ4v) is 0.768. The second-order valence-electron chi connectivity index (χ2n) is 2.90. The lowest BCUT2D eigenvalue weighted by atomic mass is 10.2. The third-order valence-electron chi connectivity index (χ3n) is 1.59. The zero-order valence-corrected chi connectivity index (χ0v) is 8.42. The van der Waals surface area contributed by atoms with Crippen LogP contribution in [0.4, 0.5) is 0 Å². The number of hydrogen-bond acceptors (Lipinski definition) is 3. The number of hydrogen-bond donors (Lipinski definition) is 2. The highest BCUT2D eigenvalue weighted by molar-refractivity contribution is 5.77. The smallest absolute Gasteiger partial charge is 0.150 e. The molecule has 3 heteroatoms. The Hall–Kier alpha value is -1.19. The molecular weight excluding hydrogens is 180 g/mol.